The molecule has 0 radical (unpaired) electrons. The molecule has 0 atom stereocenters. The highest BCUT2D eigenvalue weighted by atomic mass is 16.5. The number of hydrogen-bond acceptors (Lipinski definition) is 2. The van der Waals surface area contributed by atoms with Crippen LogP contribution in [0.1, 0.15) is 16.7 Å². The molecule has 1 amide bonds. The van der Waals surface area contributed by atoms with Crippen molar-refractivity contribution in [2.75, 3.05) is 14.2 Å². The van der Waals surface area contributed by atoms with Crippen LogP contribution in [0, 0.1) is 6.92 Å². The van der Waals surface area contributed by atoms with Gasteiger partial charge < -0.3 is 14.6 Å². The van der Waals surface area contributed by atoms with Crippen molar-refractivity contribution in [1.82, 2.24) is 9.88 Å². The lowest BCUT2D eigenvalue weighted by atomic mass is 10.1. The van der Waals surface area contributed by atoms with E-state index >= 15 is 0 Å². The number of fused-ring (bicyclic) bond motifs is 1. The number of likely N-dealkylation sites (N-methyl/N-ethyl adjacent to an activating group) is 1. The standard InChI is InChI=1S/C20H22N2O2/c1-14-6-4-5-7-15(14)13-22(2)20(23)10-16-12-21-19-9-8-17(24-3)11-18(16)19/h4-9,11-12,21H,10,13H2,1-3H3. The quantitative estimate of drug-likeness (QED) is 0.779. The monoisotopic (exact) mass is 322 g/mol. The number of aromatic nitrogens is 1. The predicted molar refractivity (Wildman–Crippen MR) is 96.2 cm³/mol. The van der Waals surface area contributed by atoms with Gasteiger partial charge in [0.05, 0.1) is 13.5 Å². The molecule has 3 aromatic rings. The molecule has 0 unspecified atom stereocenters. The second-order valence-electron chi connectivity index (χ2n) is 6.08. The number of amides is 1. The number of rotatable bonds is 5. The lowest BCUT2D eigenvalue weighted by molar-refractivity contribution is -0.129. The molecule has 2 aromatic carbocycles. The maximum Gasteiger partial charge on any atom is 0.227 e. The maximum atomic E-state index is 12.6. The highest BCUT2D eigenvalue weighted by molar-refractivity contribution is 5.89. The van der Waals surface area contributed by atoms with Gasteiger partial charge in [-0.15, -0.1) is 0 Å². The molecule has 0 saturated heterocycles. The molecule has 0 spiro atoms. The zero-order valence-corrected chi connectivity index (χ0v) is 14.3. The van der Waals surface area contributed by atoms with Crippen molar-refractivity contribution in [1.29, 1.82) is 0 Å². The first-order valence-corrected chi connectivity index (χ1v) is 8.01. The molecule has 4 heteroatoms. The first-order chi connectivity index (χ1) is 11.6. The molecule has 1 aromatic heterocycles. The lowest BCUT2D eigenvalue weighted by Gasteiger charge is -2.18. The summed E-state index contributed by atoms with van der Waals surface area (Å²) >= 11 is 0. The Kier molecular flexibility index (Phi) is 4.56. The fourth-order valence-electron chi connectivity index (χ4n) is 2.86. The number of hydrogen-bond donors (Lipinski definition) is 1. The number of carbonyl (C=O) groups excluding carboxylic acids is 1. The summed E-state index contributed by atoms with van der Waals surface area (Å²) < 4.78 is 5.28. The van der Waals surface area contributed by atoms with Crippen molar-refractivity contribution in [3.8, 4) is 5.75 Å². The number of nitrogens with zero attached hydrogens (tertiary/aromatic N) is 1. The summed E-state index contributed by atoms with van der Waals surface area (Å²) in [6.45, 7) is 2.69. The van der Waals surface area contributed by atoms with Crippen LogP contribution >= 0.6 is 0 Å². The molecule has 0 aliphatic rings. The fourth-order valence-corrected chi connectivity index (χ4v) is 2.86. The summed E-state index contributed by atoms with van der Waals surface area (Å²) in [5.41, 5.74) is 4.38. The van der Waals surface area contributed by atoms with E-state index in [2.05, 4.69) is 24.0 Å². The van der Waals surface area contributed by atoms with Gasteiger partial charge in [-0.2, -0.15) is 0 Å². The number of H-pyrrole nitrogens is 1. The van der Waals surface area contributed by atoms with Gasteiger partial charge >= 0.3 is 0 Å². The SMILES string of the molecule is COc1ccc2[nH]cc(CC(=O)N(C)Cc3ccccc3C)c2c1. The van der Waals surface area contributed by atoms with E-state index < -0.39 is 0 Å². The van der Waals surface area contributed by atoms with Crippen molar-refractivity contribution in [3.63, 3.8) is 0 Å². The molecule has 24 heavy (non-hydrogen) atoms. The second kappa shape index (κ2) is 6.79. The van der Waals surface area contributed by atoms with Crippen LogP contribution in [0.15, 0.2) is 48.7 Å². The van der Waals surface area contributed by atoms with Gasteiger partial charge in [0.1, 0.15) is 5.75 Å². The number of aromatic amines is 1. The van der Waals surface area contributed by atoms with E-state index in [0.29, 0.717) is 13.0 Å². The second-order valence-corrected chi connectivity index (χ2v) is 6.08. The minimum atomic E-state index is 0.0990. The predicted octanol–water partition coefficient (Wildman–Crippen LogP) is 3.69. The third kappa shape index (κ3) is 3.27. The zero-order chi connectivity index (χ0) is 17.1. The Morgan fingerprint density at radius 1 is 1.17 bits per heavy atom. The third-order valence-electron chi connectivity index (χ3n) is 4.41. The van der Waals surface area contributed by atoms with Gasteiger partial charge in [-0.25, -0.2) is 0 Å². The van der Waals surface area contributed by atoms with E-state index in [4.69, 9.17) is 4.74 Å². The van der Waals surface area contributed by atoms with E-state index in [-0.39, 0.29) is 5.91 Å². The van der Waals surface area contributed by atoms with Crippen LogP contribution in [0.4, 0.5) is 0 Å². The van der Waals surface area contributed by atoms with Crippen molar-refractivity contribution in [2.45, 2.75) is 19.9 Å². The topological polar surface area (TPSA) is 45.3 Å². The van der Waals surface area contributed by atoms with Crippen molar-refractivity contribution >= 4 is 16.8 Å². The Morgan fingerprint density at radius 3 is 2.71 bits per heavy atom. The summed E-state index contributed by atoms with van der Waals surface area (Å²) in [5, 5.41) is 1.03. The Bertz CT molecular complexity index is 867. The van der Waals surface area contributed by atoms with E-state index in [9.17, 15) is 4.79 Å². The van der Waals surface area contributed by atoms with E-state index in [1.54, 1.807) is 12.0 Å². The summed E-state index contributed by atoms with van der Waals surface area (Å²) in [6, 6.07) is 14.0. The highest BCUT2D eigenvalue weighted by Gasteiger charge is 2.14. The molecule has 0 aliphatic carbocycles. The van der Waals surface area contributed by atoms with Crippen LogP contribution in [0.2, 0.25) is 0 Å². The molecule has 0 fully saturated rings. The average molecular weight is 322 g/mol. The minimum absolute atomic E-state index is 0.0990. The summed E-state index contributed by atoms with van der Waals surface area (Å²) in [7, 11) is 3.50. The van der Waals surface area contributed by atoms with Crippen molar-refractivity contribution in [2.24, 2.45) is 0 Å². The zero-order valence-electron chi connectivity index (χ0n) is 14.3. The van der Waals surface area contributed by atoms with Gasteiger partial charge in [-0.1, -0.05) is 24.3 Å². The summed E-state index contributed by atoms with van der Waals surface area (Å²) in [4.78, 5) is 17.6. The number of ether oxygens (including phenoxy) is 1. The molecule has 3 rings (SSSR count). The van der Waals surface area contributed by atoms with Crippen LogP contribution in [0.25, 0.3) is 10.9 Å². The number of nitrogens with one attached hydrogen (secondary N) is 1. The van der Waals surface area contributed by atoms with Crippen molar-refractivity contribution in [3.05, 3.63) is 65.4 Å². The normalized spacial score (nSPS) is 10.8. The fraction of sp³-hybridized carbons (Fsp3) is 0.250. The first-order valence-electron chi connectivity index (χ1n) is 8.01. The molecular formula is C20H22N2O2. The molecule has 4 nitrogen and oxygen atoms in total. The van der Waals surface area contributed by atoms with E-state index in [0.717, 1.165) is 22.2 Å². The molecule has 0 aliphatic heterocycles. The van der Waals surface area contributed by atoms with Crippen LogP contribution in [0.3, 0.4) is 0 Å². The Labute approximate surface area is 142 Å². The minimum Gasteiger partial charge on any atom is -0.497 e. The number of methoxy groups -OCH3 is 1. The smallest absolute Gasteiger partial charge is 0.227 e. The van der Waals surface area contributed by atoms with Crippen LogP contribution in [-0.4, -0.2) is 29.9 Å². The molecule has 0 saturated carbocycles. The van der Waals surface area contributed by atoms with Gasteiger partial charge in [0, 0.05) is 30.7 Å². The third-order valence-corrected chi connectivity index (χ3v) is 4.41. The largest absolute Gasteiger partial charge is 0.497 e. The van der Waals surface area contributed by atoms with Crippen LogP contribution < -0.4 is 4.74 Å². The molecule has 0 bridgehead atoms. The van der Waals surface area contributed by atoms with Crippen molar-refractivity contribution < 1.29 is 9.53 Å². The average Bonchev–Trinajstić information content (AvgIpc) is 2.99. The Hall–Kier alpha value is -2.75. The molecular weight excluding hydrogens is 300 g/mol. The highest BCUT2D eigenvalue weighted by Crippen LogP contribution is 2.24. The molecule has 1 heterocycles. The summed E-state index contributed by atoms with van der Waals surface area (Å²) in [6.07, 6.45) is 2.28. The Balaban J connectivity index is 1.76. The van der Waals surface area contributed by atoms with Gasteiger partial charge in [-0.05, 0) is 41.8 Å². The van der Waals surface area contributed by atoms with Gasteiger partial charge in [-0.3, -0.25) is 4.79 Å². The number of aryl methyl sites for hydroxylation is 1. The molecule has 1 N–H and O–H groups in total. The lowest BCUT2D eigenvalue weighted by Crippen LogP contribution is -2.27. The van der Waals surface area contributed by atoms with Gasteiger partial charge in [0.2, 0.25) is 5.91 Å². The Morgan fingerprint density at radius 2 is 1.96 bits per heavy atom. The number of carbonyl (C=O) groups is 1. The number of benzene rings is 2. The van der Waals surface area contributed by atoms with Gasteiger partial charge in [0.25, 0.3) is 0 Å². The summed E-state index contributed by atoms with van der Waals surface area (Å²) in [5.74, 6) is 0.894. The first kappa shape index (κ1) is 16.1. The van der Waals surface area contributed by atoms with Gasteiger partial charge in [0.15, 0.2) is 0 Å². The maximum absolute atomic E-state index is 12.6. The van der Waals surface area contributed by atoms with E-state index in [1.165, 1.54) is 11.1 Å². The molecule has 124 valence electrons. The van der Waals surface area contributed by atoms with Crippen LogP contribution in [-0.2, 0) is 17.8 Å². The van der Waals surface area contributed by atoms with E-state index in [1.807, 2.05) is 43.6 Å². The van der Waals surface area contributed by atoms with Crippen LogP contribution in [0.5, 0.6) is 5.75 Å².